The number of carbonyl (C=O) groups excluding carboxylic acids is 1. The molecular weight excluding hydrogens is 252 g/mol. The Morgan fingerprint density at radius 2 is 2.25 bits per heavy atom. The van der Waals surface area contributed by atoms with E-state index < -0.39 is 6.04 Å². The fraction of sp³-hybridized carbons (Fsp3) is 0.600. The van der Waals surface area contributed by atoms with Gasteiger partial charge in [-0.15, -0.1) is 0 Å². The minimum absolute atomic E-state index is 0.297. The largest absolute Gasteiger partial charge is 0.368 e. The number of carbonyl (C=O) groups is 1. The molecule has 3 heterocycles. The van der Waals surface area contributed by atoms with Gasteiger partial charge >= 0.3 is 0 Å². The van der Waals surface area contributed by atoms with E-state index in [0.29, 0.717) is 6.04 Å². The molecule has 2 aliphatic rings. The Kier molecular flexibility index (Phi) is 3.72. The first-order valence-electron chi connectivity index (χ1n) is 7.36. The number of hydrogen-bond acceptors (Lipinski definition) is 4. The van der Waals surface area contributed by atoms with Crippen molar-refractivity contribution in [3.05, 3.63) is 29.6 Å². The molecule has 0 aliphatic carbocycles. The molecule has 5 nitrogen and oxygen atoms in total. The number of nitrogens with zero attached hydrogens (tertiary/aromatic N) is 3. The predicted molar refractivity (Wildman–Crippen MR) is 77.1 cm³/mol. The molecule has 108 valence electrons. The quantitative estimate of drug-likeness (QED) is 0.881. The summed E-state index contributed by atoms with van der Waals surface area (Å²) in [6, 6.07) is 5.98. The lowest BCUT2D eigenvalue weighted by Crippen LogP contribution is -2.53. The maximum absolute atomic E-state index is 11.9. The summed E-state index contributed by atoms with van der Waals surface area (Å²) in [6.07, 6.45) is 2.49. The van der Waals surface area contributed by atoms with Gasteiger partial charge in [-0.05, 0) is 38.4 Å². The first-order chi connectivity index (χ1) is 9.65. The highest BCUT2D eigenvalue weighted by Gasteiger charge is 2.36. The highest BCUT2D eigenvalue weighted by Crippen LogP contribution is 2.27. The molecule has 5 heteroatoms. The summed E-state index contributed by atoms with van der Waals surface area (Å²) in [5, 5.41) is 0. The van der Waals surface area contributed by atoms with Crippen molar-refractivity contribution in [3.63, 3.8) is 0 Å². The van der Waals surface area contributed by atoms with E-state index in [1.165, 1.54) is 19.4 Å². The molecule has 0 spiro atoms. The molecule has 0 aromatic carbocycles. The van der Waals surface area contributed by atoms with Crippen molar-refractivity contribution < 1.29 is 4.79 Å². The minimum Gasteiger partial charge on any atom is -0.368 e. The molecule has 1 aromatic rings. The smallest absolute Gasteiger partial charge is 0.241 e. The van der Waals surface area contributed by atoms with Crippen molar-refractivity contribution in [1.82, 2.24) is 14.8 Å². The molecule has 0 saturated carbocycles. The molecule has 0 bridgehead atoms. The monoisotopic (exact) mass is 274 g/mol. The van der Waals surface area contributed by atoms with E-state index in [2.05, 4.69) is 14.8 Å². The first-order valence-corrected chi connectivity index (χ1v) is 7.36. The number of aryl methyl sites for hydroxylation is 1. The van der Waals surface area contributed by atoms with Gasteiger partial charge in [-0.3, -0.25) is 19.6 Å². The van der Waals surface area contributed by atoms with Crippen LogP contribution >= 0.6 is 0 Å². The van der Waals surface area contributed by atoms with Crippen LogP contribution in [0.25, 0.3) is 0 Å². The molecule has 2 N–H and O–H groups in total. The summed E-state index contributed by atoms with van der Waals surface area (Å²) < 4.78 is 0. The summed E-state index contributed by atoms with van der Waals surface area (Å²) in [5.41, 5.74) is 7.36. The lowest BCUT2D eigenvalue weighted by Gasteiger charge is -2.40. The van der Waals surface area contributed by atoms with Crippen molar-refractivity contribution in [2.24, 2.45) is 5.73 Å². The van der Waals surface area contributed by atoms with Crippen LogP contribution in [0.2, 0.25) is 0 Å². The summed E-state index contributed by atoms with van der Waals surface area (Å²) in [4.78, 5) is 21.2. The normalized spacial score (nSPS) is 25.4. The molecule has 1 unspecified atom stereocenters. The molecule has 1 aromatic heterocycles. The van der Waals surface area contributed by atoms with Crippen LogP contribution in [-0.2, 0) is 4.79 Å². The topological polar surface area (TPSA) is 62.5 Å². The fourth-order valence-electron chi connectivity index (χ4n) is 3.48. The van der Waals surface area contributed by atoms with E-state index >= 15 is 0 Å². The molecule has 3 rings (SSSR count). The van der Waals surface area contributed by atoms with Gasteiger partial charge in [0.15, 0.2) is 0 Å². The van der Waals surface area contributed by atoms with Gasteiger partial charge < -0.3 is 5.73 Å². The van der Waals surface area contributed by atoms with Crippen molar-refractivity contribution in [3.8, 4) is 0 Å². The van der Waals surface area contributed by atoms with Crippen molar-refractivity contribution in [2.45, 2.75) is 31.8 Å². The fourth-order valence-corrected chi connectivity index (χ4v) is 3.48. The number of fused-ring (bicyclic) bond motifs is 1. The Hall–Kier alpha value is -1.46. The van der Waals surface area contributed by atoms with Gasteiger partial charge in [-0.2, -0.15) is 0 Å². The maximum Gasteiger partial charge on any atom is 0.241 e. The average Bonchev–Trinajstić information content (AvgIpc) is 2.86. The Morgan fingerprint density at radius 1 is 1.40 bits per heavy atom. The second-order valence-electron chi connectivity index (χ2n) is 5.84. The van der Waals surface area contributed by atoms with E-state index in [1.807, 2.05) is 25.1 Å². The molecule has 2 aliphatic heterocycles. The predicted octanol–water partition coefficient (Wildman–Crippen LogP) is 0.696. The maximum atomic E-state index is 11.9. The summed E-state index contributed by atoms with van der Waals surface area (Å²) in [5.74, 6) is -0.297. The minimum atomic E-state index is -0.391. The van der Waals surface area contributed by atoms with Crippen LogP contribution in [0, 0.1) is 6.92 Å². The second kappa shape index (κ2) is 5.50. The number of rotatable bonds is 3. The number of amides is 1. The molecular formula is C15H22N4O. The zero-order chi connectivity index (χ0) is 14.1. The number of aromatic nitrogens is 1. The van der Waals surface area contributed by atoms with Gasteiger partial charge in [0.25, 0.3) is 0 Å². The van der Waals surface area contributed by atoms with Gasteiger partial charge in [0.2, 0.25) is 5.91 Å². The number of primary amides is 1. The number of hydrogen-bond donors (Lipinski definition) is 1. The third-order valence-corrected chi connectivity index (χ3v) is 4.44. The van der Waals surface area contributed by atoms with Crippen molar-refractivity contribution in [1.29, 1.82) is 0 Å². The van der Waals surface area contributed by atoms with Crippen molar-refractivity contribution in [2.75, 3.05) is 26.2 Å². The van der Waals surface area contributed by atoms with E-state index in [-0.39, 0.29) is 5.91 Å². The number of pyridine rings is 1. The lowest BCUT2D eigenvalue weighted by molar-refractivity contribution is -0.124. The van der Waals surface area contributed by atoms with Crippen LogP contribution in [-0.4, -0.2) is 52.9 Å². The zero-order valence-electron chi connectivity index (χ0n) is 12.0. The number of piperazine rings is 1. The molecule has 1 amide bonds. The van der Waals surface area contributed by atoms with Crippen LogP contribution in [0.3, 0.4) is 0 Å². The molecule has 2 fully saturated rings. The zero-order valence-corrected chi connectivity index (χ0v) is 12.0. The molecule has 20 heavy (non-hydrogen) atoms. The van der Waals surface area contributed by atoms with Crippen LogP contribution in [0.15, 0.2) is 18.2 Å². The lowest BCUT2D eigenvalue weighted by atomic mass is 10.1. The van der Waals surface area contributed by atoms with Gasteiger partial charge in [-0.25, -0.2) is 0 Å². The van der Waals surface area contributed by atoms with E-state index in [4.69, 9.17) is 5.73 Å². The number of nitrogens with two attached hydrogens (primary N) is 1. The van der Waals surface area contributed by atoms with Gasteiger partial charge in [0.1, 0.15) is 6.04 Å². The van der Waals surface area contributed by atoms with Gasteiger partial charge in [0.05, 0.1) is 5.69 Å². The van der Waals surface area contributed by atoms with Crippen LogP contribution in [0.1, 0.15) is 30.3 Å². The summed E-state index contributed by atoms with van der Waals surface area (Å²) in [6.45, 7) is 5.97. The second-order valence-corrected chi connectivity index (χ2v) is 5.84. The van der Waals surface area contributed by atoms with E-state index in [0.717, 1.165) is 31.0 Å². The highest BCUT2D eigenvalue weighted by molar-refractivity contribution is 5.81. The van der Waals surface area contributed by atoms with E-state index in [9.17, 15) is 4.79 Å². The highest BCUT2D eigenvalue weighted by atomic mass is 16.1. The first kappa shape index (κ1) is 13.5. The molecule has 0 radical (unpaired) electrons. The standard InChI is InChI=1S/C15H22N4O/c1-11-4-2-6-13(17-11)14(15(16)20)19-9-8-18-7-3-5-12(18)10-19/h2,4,6,12,14H,3,5,7-10H2,1H3,(H2,16,20)/t12-,14?/m1/s1. The Labute approximate surface area is 119 Å². The Balaban J connectivity index is 1.82. The average molecular weight is 274 g/mol. The summed E-state index contributed by atoms with van der Waals surface area (Å²) in [7, 11) is 0. The SMILES string of the molecule is Cc1cccc(C(C(N)=O)N2CCN3CCC[C@@H]3C2)n1. The third-order valence-electron chi connectivity index (χ3n) is 4.44. The van der Waals surface area contributed by atoms with Gasteiger partial charge in [0, 0.05) is 31.4 Å². The van der Waals surface area contributed by atoms with Crippen LogP contribution in [0.4, 0.5) is 0 Å². The van der Waals surface area contributed by atoms with Crippen LogP contribution < -0.4 is 5.73 Å². The Morgan fingerprint density at radius 3 is 3.00 bits per heavy atom. The molecule has 2 saturated heterocycles. The van der Waals surface area contributed by atoms with E-state index in [1.54, 1.807) is 0 Å². The van der Waals surface area contributed by atoms with Crippen LogP contribution in [0.5, 0.6) is 0 Å². The third kappa shape index (κ3) is 2.55. The van der Waals surface area contributed by atoms with Crippen molar-refractivity contribution >= 4 is 5.91 Å². The Bertz CT molecular complexity index is 504. The summed E-state index contributed by atoms with van der Waals surface area (Å²) >= 11 is 0. The molecule has 2 atom stereocenters. The van der Waals surface area contributed by atoms with Gasteiger partial charge in [-0.1, -0.05) is 6.07 Å².